The lowest BCUT2D eigenvalue weighted by Gasteiger charge is -2.37. The number of fused-ring (bicyclic) bond motifs is 15. The lowest BCUT2D eigenvalue weighted by atomic mass is 9.67. The van der Waals surface area contributed by atoms with Crippen LogP contribution in [0, 0.1) is 27.7 Å². The number of benzene rings is 16. The maximum atomic E-state index is 2.54. The van der Waals surface area contributed by atoms with Crippen molar-refractivity contribution in [2.24, 2.45) is 0 Å². The van der Waals surface area contributed by atoms with E-state index in [9.17, 15) is 0 Å². The van der Waals surface area contributed by atoms with Gasteiger partial charge in [0.1, 0.15) is 0 Å². The number of aryl methyl sites for hydroxylation is 4. The van der Waals surface area contributed by atoms with Gasteiger partial charge in [0.2, 0.25) is 0 Å². The van der Waals surface area contributed by atoms with E-state index in [0.29, 0.717) is 0 Å². The lowest BCUT2D eigenvalue weighted by Crippen LogP contribution is -2.36. The second-order valence-electron chi connectivity index (χ2n) is 29.3. The van der Waals surface area contributed by atoms with Gasteiger partial charge in [0.25, 0.3) is 0 Å². The summed E-state index contributed by atoms with van der Waals surface area (Å²) in [5.41, 5.74) is 27.7. The third kappa shape index (κ3) is 9.84. The molecule has 4 heterocycles. The van der Waals surface area contributed by atoms with Gasteiger partial charge in [0.15, 0.2) is 0 Å². The largest absolute Gasteiger partial charge is 0.311 e. The maximum Gasteiger partial charge on any atom is 0.0828 e. The van der Waals surface area contributed by atoms with Crippen molar-refractivity contribution in [2.75, 3.05) is 20.0 Å². The van der Waals surface area contributed by atoms with Gasteiger partial charge in [0.05, 0.1) is 60.9 Å². The Hall–Kier alpha value is -14.1. The van der Waals surface area contributed by atoms with Crippen LogP contribution in [0.1, 0.15) is 44.5 Å². The van der Waals surface area contributed by atoms with Crippen molar-refractivity contribution in [3.63, 3.8) is 0 Å². The zero-order valence-electron chi connectivity index (χ0n) is 60.9. The van der Waals surface area contributed by atoms with Crippen LogP contribution in [-0.2, 0) is 5.41 Å². The normalized spacial score (nSPS) is 12.5. The maximum absolute atomic E-state index is 2.54. The van der Waals surface area contributed by atoms with Crippen molar-refractivity contribution in [3.05, 3.63) is 421 Å². The molecule has 1 aliphatic rings. The average Bonchev–Trinajstić information content (AvgIpc) is 1.55. The Morgan fingerprint density at radius 2 is 0.376 bits per heavy atom. The van der Waals surface area contributed by atoms with Gasteiger partial charge in [-0.2, -0.15) is 10.2 Å². The zero-order valence-corrected chi connectivity index (χ0v) is 60.9. The van der Waals surface area contributed by atoms with Crippen LogP contribution in [0.2, 0.25) is 0 Å². The molecule has 0 spiro atoms. The van der Waals surface area contributed by atoms with Crippen LogP contribution in [0.25, 0.3) is 98.4 Å². The molecule has 0 radical (unpaired) electrons. The highest BCUT2D eigenvalue weighted by atomic mass is 15.8. The minimum Gasteiger partial charge on any atom is -0.311 e. The molecule has 0 bridgehead atoms. The summed E-state index contributed by atoms with van der Waals surface area (Å²) < 4.78 is 9.84. The predicted octanol–water partition coefficient (Wildman–Crippen LogP) is 26.1. The molecule has 0 unspecified atom stereocenters. The molecule has 20 aromatic rings. The molecule has 518 valence electrons. The van der Waals surface area contributed by atoms with Crippen molar-refractivity contribution in [1.82, 2.24) is 18.7 Å². The Bertz CT molecular complexity index is 6000. The molecule has 16 aromatic carbocycles. The highest BCUT2D eigenvalue weighted by molar-refractivity contribution is 6.13. The Morgan fingerprint density at radius 3 is 0.587 bits per heavy atom. The molecule has 4 aromatic heterocycles. The van der Waals surface area contributed by atoms with Crippen molar-refractivity contribution in [1.29, 1.82) is 0 Å². The summed E-state index contributed by atoms with van der Waals surface area (Å²) >= 11 is 0. The first-order chi connectivity index (χ1) is 53.7. The van der Waals surface area contributed by atoms with E-state index in [2.05, 4.69) is 443 Å². The zero-order chi connectivity index (χ0) is 72.6. The second-order valence-corrected chi connectivity index (χ2v) is 29.3. The van der Waals surface area contributed by atoms with Crippen molar-refractivity contribution in [3.8, 4) is 11.1 Å². The van der Waals surface area contributed by atoms with E-state index < -0.39 is 5.41 Å². The first kappa shape index (κ1) is 63.4. The monoisotopic (exact) mass is 1400 g/mol. The molecule has 0 amide bonds. The molecular weight excluding hydrogens is 1330 g/mol. The standard InChI is InChI=1S/C101H74N8/c1-67-37-49-73(50-38-67)102(74-51-39-68(2)40-52-74)77-57-45-71(46-58-77)101(72-47-59-78(60-48-72)103(75-53-41-69(3)42-54-75)76-55-43-70(4)44-56-76)91-65-79(108(104-93-29-13-5-21-83(93)84-22-6-14-30-94(84)104)105-95-31-15-7-23-85(95)86-24-8-16-32-96(86)105)61-63-81(91)82-64-62-80(66-92(82)101)109(106-97-33-17-9-25-87(97)88-26-10-18-34-98(88)106)107-99-35-19-11-27-89(99)90-28-12-20-36-100(90)107/h5-66H,1-4H3. The van der Waals surface area contributed by atoms with Crippen LogP contribution in [0.4, 0.5) is 45.5 Å². The highest BCUT2D eigenvalue weighted by Gasteiger charge is 2.48. The fourth-order valence-corrected chi connectivity index (χ4v) is 17.8. The summed E-state index contributed by atoms with van der Waals surface area (Å²) in [4.78, 5) is 4.79. The van der Waals surface area contributed by atoms with Crippen LogP contribution >= 0.6 is 0 Å². The Morgan fingerprint density at radius 1 is 0.193 bits per heavy atom. The van der Waals surface area contributed by atoms with Crippen LogP contribution in [-0.4, -0.2) is 18.7 Å². The number of hydrogen-bond acceptors (Lipinski definition) is 4. The molecule has 0 aliphatic heterocycles. The van der Waals surface area contributed by atoms with E-state index in [1.54, 1.807) is 0 Å². The fraction of sp³-hybridized carbons (Fsp3) is 0.0495. The van der Waals surface area contributed by atoms with Crippen LogP contribution in [0.15, 0.2) is 376 Å². The molecular formula is C101H74N8. The quantitative estimate of drug-likeness (QED) is 0.109. The van der Waals surface area contributed by atoms with Gasteiger partial charge in [-0.15, -0.1) is 0 Å². The van der Waals surface area contributed by atoms with Crippen molar-refractivity contribution < 1.29 is 0 Å². The minimum absolute atomic E-state index is 0.981. The summed E-state index contributed by atoms with van der Waals surface area (Å²) in [5.74, 6) is 0. The van der Waals surface area contributed by atoms with Gasteiger partial charge in [-0.3, -0.25) is 0 Å². The van der Waals surface area contributed by atoms with Crippen molar-refractivity contribution in [2.45, 2.75) is 33.1 Å². The Balaban J connectivity index is 0.892. The molecule has 0 saturated carbocycles. The smallest absolute Gasteiger partial charge is 0.0828 e. The average molecular weight is 1400 g/mol. The number of aromatic nitrogens is 4. The molecule has 21 rings (SSSR count). The number of rotatable bonds is 14. The van der Waals surface area contributed by atoms with Crippen LogP contribution < -0.4 is 20.0 Å². The molecule has 1 aliphatic carbocycles. The molecule has 0 saturated heterocycles. The Labute approximate surface area is 632 Å². The Kier molecular flexibility index (Phi) is 14.6. The van der Waals surface area contributed by atoms with Gasteiger partial charge in [-0.05, 0) is 207 Å². The molecule has 0 fully saturated rings. The fourth-order valence-electron chi connectivity index (χ4n) is 17.8. The summed E-state index contributed by atoms with van der Waals surface area (Å²) in [6.45, 7) is 8.64. The molecule has 8 nitrogen and oxygen atoms in total. The highest BCUT2D eigenvalue weighted by Crippen LogP contribution is 2.59. The molecule has 0 N–H and O–H groups in total. The van der Waals surface area contributed by atoms with E-state index >= 15 is 0 Å². The first-order valence-electron chi connectivity index (χ1n) is 37.7. The van der Waals surface area contributed by atoms with E-state index in [1.807, 2.05) is 0 Å². The van der Waals surface area contributed by atoms with Crippen LogP contribution in [0.3, 0.4) is 0 Å². The molecule has 109 heavy (non-hydrogen) atoms. The topological polar surface area (TPSA) is 32.7 Å². The van der Waals surface area contributed by atoms with Gasteiger partial charge in [-0.25, -0.2) is 18.7 Å². The molecule has 8 heteroatoms. The number of anilines is 8. The minimum atomic E-state index is -1.04. The number of para-hydroxylation sites is 8. The van der Waals surface area contributed by atoms with E-state index in [0.717, 1.165) is 123 Å². The van der Waals surface area contributed by atoms with E-state index in [4.69, 9.17) is 0 Å². The molecule has 0 atom stereocenters. The third-order valence-corrected chi connectivity index (χ3v) is 22.8. The van der Waals surface area contributed by atoms with Gasteiger partial charge >= 0.3 is 0 Å². The van der Waals surface area contributed by atoms with E-state index in [-0.39, 0.29) is 0 Å². The van der Waals surface area contributed by atoms with Crippen molar-refractivity contribution >= 4 is 133 Å². The lowest BCUT2D eigenvalue weighted by molar-refractivity contribution is 0.670. The van der Waals surface area contributed by atoms with Crippen LogP contribution in [0.5, 0.6) is 0 Å². The third-order valence-electron chi connectivity index (χ3n) is 22.8. The summed E-state index contributed by atoms with van der Waals surface area (Å²) in [6.07, 6.45) is 0. The first-order valence-corrected chi connectivity index (χ1v) is 37.7. The number of nitrogens with zero attached hydrogens (tertiary/aromatic N) is 8. The SMILES string of the molecule is Cc1ccc(N(c2ccc(C)cc2)c2ccc(C3(c4ccc(N(c5ccc(C)cc5)c5ccc(C)cc5)cc4)c4cc(N(n5c6ccccc6c6ccccc65)n5c6ccccc6c6ccccc65)ccc4-c4ccc(N(n5c6ccccc6c6ccccc65)n5c6ccccc6c6ccccc65)cc43)cc2)cc1. The number of hydrogen-bond donors (Lipinski definition) is 0. The van der Waals surface area contributed by atoms with Gasteiger partial charge < -0.3 is 9.80 Å². The summed E-state index contributed by atoms with van der Waals surface area (Å²) in [6, 6.07) is 141. The predicted molar refractivity (Wildman–Crippen MR) is 456 cm³/mol. The second kappa shape index (κ2) is 25.1. The summed E-state index contributed by atoms with van der Waals surface area (Å²) in [7, 11) is 0. The van der Waals surface area contributed by atoms with Gasteiger partial charge in [0, 0.05) is 77.2 Å². The van der Waals surface area contributed by atoms with Gasteiger partial charge in [-0.1, -0.05) is 253 Å². The summed E-state index contributed by atoms with van der Waals surface area (Å²) in [5, 5.41) is 14.3. The van der Waals surface area contributed by atoms with E-state index in [1.165, 1.54) is 65.3 Å².